The molecule has 0 rings (SSSR count). The van der Waals surface area contributed by atoms with Crippen molar-refractivity contribution in [1.29, 1.82) is 0 Å². The summed E-state index contributed by atoms with van der Waals surface area (Å²) in [5.41, 5.74) is 0. The monoisotopic (exact) mass is 1070 g/mol. The van der Waals surface area contributed by atoms with Crippen molar-refractivity contribution in [2.75, 3.05) is 13.2 Å². The Bertz CT molecular complexity index is 1230. The van der Waals surface area contributed by atoms with Gasteiger partial charge in [0.15, 0.2) is 6.10 Å². The third-order valence-electron chi connectivity index (χ3n) is 15.7. The van der Waals surface area contributed by atoms with Crippen LogP contribution < -0.4 is 0 Å². The molecule has 0 radical (unpaired) electrons. The minimum absolute atomic E-state index is 0.0672. The Morgan fingerprint density at radius 1 is 0.263 bits per heavy atom. The molecule has 0 amide bonds. The smallest absolute Gasteiger partial charge is 0.306 e. The van der Waals surface area contributed by atoms with E-state index in [1.807, 2.05) is 0 Å². The van der Waals surface area contributed by atoms with Crippen molar-refractivity contribution in [1.82, 2.24) is 0 Å². The van der Waals surface area contributed by atoms with Gasteiger partial charge in [0.05, 0.1) is 0 Å². The van der Waals surface area contributed by atoms with Crippen LogP contribution in [0.5, 0.6) is 0 Å². The van der Waals surface area contributed by atoms with Crippen LogP contribution in [0.2, 0.25) is 0 Å². The summed E-state index contributed by atoms with van der Waals surface area (Å²) in [6.07, 6.45) is 79.1. The third kappa shape index (κ3) is 62.7. The summed E-state index contributed by atoms with van der Waals surface area (Å²) < 4.78 is 17.0. The zero-order valence-corrected chi connectivity index (χ0v) is 51.6. The predicted octanol–water partition coefficient (Wildman–Crippen LogP) is 23.4. The lowest BCUT2D eigenvalue weighted by atomic mass is 10.0. The number of rotatable bonds is 64. The number of unbranched alkanes of at least 4 members (excludes halogenated alkanes) is 49. The van der Waals surface area contributed by atoms with E-state index in [1.165, 1.54) is 276 Å². The molecule has 0 aliphatic carbocycles. The molecule has 6 nitrogen and oxygen atoms in total. The van der Waals surface area contributed by atoms with E-state index in [9.17, 15) is 14.4 Å². The van der Waals surface area contributed by atoms with Crippen molar-refractivity contribution in [3.05, 3.63) is 24.3 Å². The first-order chi connectivity index (χ1) is 37.5. The average Bonchev–Trinajstić information content (AvgIpc) is 3.42. The molecule has 1 atom stereocenters. The molecule has 6 heteroatoms. The average molecular weight is 1070 g/mol. The van der Waals surface area contributed by atoms with E-state index in [2.05, 4.69) is 45.1 Å². The molecule has 0 aromatic heterocycles. The van der Waals surface area contributed by atoms with Gasteiger partial charge in [-0.3, -0.25) is 14.4 Å². The SMILES string of the molecule is CCCCC/C=C\C/C=C\CCCCCCCCCC(=O)OCC(COC(=O)CCCCCCCCCCCCCCCCCCCCCCCCC)OC(=O)CCCCCCCCCCCCCCCCCCCC. The first kappa shape index (κ1) is 73.9. The first-order valence-electron chi connectivity index (χ1n) is 34.3. The van der Waals surface area contributed by atoms with Crippen LogP contribution in [-0.4, -0.2) is 37.2 Å². The van der Waals surface area contributed by atoms with Gasteiger partial charge >= 0.3 is 17.9 Å². The topological polar surface area (TPSA) is 78.9 Å². The van der Waals surface area contributed by atoms with Crippen LogP contribution in [0, 0.1) is 0 Å². The van der Waals surface area contributed by atoms with Crippen molar-refractivity contribution in [2.24, 2.45) is 0 Å². The number of carbonyl (C=O) groups is 3. The summed E-state index contributed by atoms with van der Waals surface area (Å²) in [6.45, 7) is 6.69. The van der Waals surface area contributed by atoms with E-state index >= 15 is 0 Å². The Balaban J connectivity index is 4.28. The van der Waals surface area contributed by atoms with Crippen LogP contribution in [0.15, 0.2) is 24.3 Å². The number of hydrogen-bond donors (Lipinski definition) is 0. The molecule has 0 bridgehead atoms. The summed E-state index contributed by atoms with van der Waals surface area (Å²) in [7, 11) is 0. The van der Waals surface area contributed by atoms with Crippen molar-refractivity contribution < 1.29 is 28.6 Å². The number of hydrogen-bond acceptors (Lipinski definition) is 6. The fourth-order valence-electron chi connectivity index (χ4n) is 10.5. The Kier molecular flexibility index (Phi) is 63.6. The number of carbonyl (C=O) groups excluding carboxylic acids is 3. The molecule has 76 heavy (non-hydrogen) atoms. The van der Waals surface area contributed by atoms with Crippen LogP contribution in [0.1, 0.15) is 387 Å². The van der Waals surface area contributed by atoms with Crippen molar-refractivity contribution in [3.8, 4) is 0 Å². The van der Waals surface area contributed by atoms with Gasteiger partial charge in [-0.15, -0.1) is 0 Å². The first-order valence-corrected chi connectivity index (χ1v) is 34.3. The van der Waals surface area contributed by atoms with Crippen LogP contribution in [0.4, 0.5) is 0 Å². The fraction of sp³-hybridized carbons (Fsp3) is 0.900. The molecular formula is C70H132O6. The highest BCUT2D eigenvalue weighted by Gasteiger charge is 2.19. The minimum Gasteiger partial charge on any atom is -0.462 e. The van der Waals surface area contributed by atoms with E-state index in [0.717, 1.165) is 70.6 Å². The summed E-state index contributed by atoms with van der Waals surface area (Å²) in [5.74, 6) is -0.843. The van der Waals surface area contributed by atoms with E-state index < -0.39 is 6.10 Å². The van der Waals surface area contributed by atoms with E-state index in [-0.39, 0.29) is 31.1 Å². The lowest BCUT2D eigenvalue weighted by molar-refractivity contribution is -0.167. The number of ether oxygens (including phenoxy) is 3. The largest absolute Gasteiger partial charge is 0.462 e. The highest BCUT2D eigenvalue weighted by molar-refractivity contribution is 5.71. The van der Waals surface area contributed by atoms with Crippen molar-refractivity contribution in [2.45, 2.75) is 393 Å². The van der Waals surface area contributed by atoms with Gasteiger partial charge in [0.2, 0.25) is 0 Å². The molecule has 1 unspecified atom stereocenters. The summed E-state index contributed by atoms with van der Waals surface area (Å²) in [5, 5.41) is 0. The van der Waals surface area contributed by atoms with Gasteiger partial charge in [-0.2, -0.15) is 0 Å². The van der Waals surface area contributed by atoms with Crippen molar-refractivity contribution in [3.63, 3.8) is 0 Å². The van der Waals surface area contributed by atoms with E-state index in [1.54, 1.807) is 0 Å². The maximum absolute atomic E-state index is 12.9. The molecule has 0 aromatic rings. The molecule has 0 heterocycles. The Hall–Kier alpha value is -2.11. The highest BCUT2D eigenvalue weighted by atomic mass is 16.6. The second-order valence-corrected chi connectivity index (χ2v) is 23.5. The second-order valence-electron chi connectivity index (χ2n) is 23.5. The summed E-state index contributed by atoms with van der Waals surface area (Å²) in [6, 6.07) is 0. The minimum atomic E-state index is -0.771. The van der Waals surface area contributed by atoms with Gasteiger partial charge in [-0.05, 0) is 51.4 Å². The third-order valence-corrected chi connectivity index (χ3v) is 15.7. The van der Waals surface area contributed by atoms with Crippen LogP contribution in [0.3, 0.4) is 0 Å². The zero-order chi connectivity index (χ0) is 55.0. The van der Waals surface area contributed by atoms with Crippen molar-refractivity contribution >= 4 is 17.9 Å². The zero-order valence-electron chi connectivity index (χ0n) is 51.6. The maximum atomic E-state index is 12.9. The Morgan fingerprint density at radius 2 is 0.474 bits per heavy atom. The van der Waals surface area contributed by atoms with E-state index in [4.69, 9.17) is 14.2 Å². The molecule has 0 spiro atoms. The fourth-order valence-corrected chi connectivity index (χ4v) is 10.5. The molecule has 448 valence electrons. The molecule has 0 aliphatic heterocycles. The van der Waals surface area contributed by atoms with Gasteiger partial charge in [-0.25, -0.2) is 0 Å². The predicted molar refractivity (Wildman–Crippen MR) is 330 cm³/mol. The second kappa shape index (κ2) is 65.4. The molecule has 0 saturated carbocycles. The summed E-state index contributed by atoms with van der Waals surface area (Å²) >= 11 is 0. The summed E-state index contributed by atoms with van der Waals surface area (Å²) in [4.78, 5) is 38.4. The standard InChI is InChI=1S/C70H132O6/c1-4-7-10-13-16-19-22-25-28-31-33-34-35-36-37-40-42-45-48-51-54-57-60-63-69(72)75-66-67(65-74-68(71)62-59-56-53-50-47-44-41-38-30-27-24-21-18-15-12-9-6-3)76-70(73)64-61-58-55-52-49-46-43-39-32-29-26-23-20-17-14-11-8-5-2/h18,21,27,30,67H,4-17,19-20,22-26,28-29,31-66H2,1-3H3/b21-18-,30-27-. The molecule has 0 aliphatic rings. The molecule has 0 aromatic carbocycles. The lowest BCUT2D eigenvalue weighted by Gasteiger charge is -2.18. The molecule has 0 N–H and O–H groups in total. The van der Waals surface area contributed by atoms with Crippen LogP contribution >= 0.6 is 0 Å². The van der Waals surface area contributed by atoms with Gasteiger partial charge in [-0.1, -0.05) is 340 Å². The van der Waals surface area contributed by atoms with Crippen LogP contribution in [-0.2, 0) is 28.6 Å². The normalized spacial score (nSPS) is 12.1. The van der Waals surface area contributed by atoms with Crippen LogP contribution in [0.25, 0.3) is 0 Å². The molecule has 0 saturated heterocycles. The Labute approximate surface area is 474 Å². The quantitative estimate of drug-likeness (QED) is 0.0261. The number of allylic oxidation sites excluding steroid dienone is 4. The van der Waals surface area contributed by atoms with Gasteiger partial charge < -0.3 is 14.2 Å². The van der Waals surface area contributed by atoms with Gasteiger partial charge in [0.25, 0.3) is 0 Å². The highest BCUT2D eigenvalue weighted by Crippen LogP contribution is 2.19. The van der Waals surface area contributed by atoms with E-state index in [0.29, 0.717) is 19.3 Å². The molecule has 0 fully saturated rings. The van der Waals surface area contributed by atoms with Gasteiger partial charge in [0.1, 0.15) is 13.2 Å². The molecular weight excluding hydrogens is 937 g/mol. The Morgan fingerprint density at radius 3 is 0.750 bits per heavy atom. The maximum Gasteiger partial charge on any atom is 0.306 e. The van der Waals surface area contributed by atoms with Gasteiger partial charge in [0, 0.05) is 19.3 Å². The lowest BCUT2D eigenvalue weighted by Crippen LogP contribution is -2.30. The number of esters is 3.